The largest absolute Gasteiger partial charge is 0.497 e. The molecule has 1 saturated heterocycles. The Morgan fingerprint density at radius 1 is 1.09 bits per heavy atom. The van der Waals surface area contributed by atoms with Crippen LogP contribution in [0, 0.1) is 0 Å². The normalized spacial score (nSPS) is 14.0. The first-order valence-electron chi connectivity index (χ1n) is 10.6. The molecule has 0 unspecified atom stereocenters. The Hall–Kier alpha value is -3.94. The first-order valence-corrected chi connectivity index (χ1v) is 10.6. The van der Waals surface area contributed by atoms with Crippen molar-refractivity contribution in [1.29, 1.82) is 0 Å². The van der Waals surface area contributed by atoms with Crippen LogP contribution in [0.15, 0.2) is 61.2 Å². The van der Waals surface area contributed by atoms with Crippen LogP contribution in [0.1, 0.15) is 5.56 Å². The summed E-state index contributed by atoms with van der Waals surface area (Å²) in [4.78, 5) is 33.5. The second-order valence-electron chi connectivity index (χ2n) is 7.78. The molecule has 8 heteroatoms. The lowest BCUT2D eigenvalue weighted by atomic mass is 10.1. The van der Waals surface area contributed by atoms with E-state index in [1.807, 2.05) is 47.5 Å². The quantitative estimate of drug-likeness (QED) is 0.526. The van der Waals surface area contributed by atoms with Crippen LogP contribution in [0.25, 0.3) is 22.3 Å². The monoisotopic (exact) mass is 428 g/mol. The summed E-state index contributed by atoms with van der Waals surface area (Å²) in [7, 11) is 1.63. The van der Waals surface area contributed by atoms with Gasteiger partial charge in [0.15, 0.2) is 0 Å². The van der Waals surface area contributed by atoms with Gasteiger partial charge in [-0.05, 0) is 35.9 Å². The van der Waals surface area contributed by atoms with E-state index in [0.29, 0.717) is 19.5 Å². The third kappa shape index (κ3) is 3.99. The smallest absolute Gasteiger partial charge is 0.227 e. The van der Waals surface area contributed by atoms with Gasteiger partial charge >= 0.3 is 0 Å². The zero-order valence-corrected chi connectivity index (χ0v) is 17.9. The van der Waals surface area contributed by atoms with Gasteiger partial charge in [-0.3, -0.25) is 9.78 Å². The average molecular weight is 428 g/mol. The fourth-order valence-electron chi connectivity index (χ4n) is 4.09. The SMILES string of the molecule is COc1cccc(CC(=O)N2CCN(c3ncnc4[nH]c(-c5cccnc5)cc34)CC2)c1. The first-order chi connectivity index (χ1) is 15.7. The molecule has 1 N–H and O–H groups in total. The Bertz CT molecular complexity index is 1230. The Kier molecular flexibility index (Phi) is 5.41. The van der Waals surface area contributed by atoms with Gasteiger partial charge in [-0.2, -0.15) is 0 Å². The number of methoxy groups -OCH3 is 1. The molecule has 4 heterocycles. The molecule has 3 aromatic heterocycles. The number of amides is 1. The molecule has 1 fully saturated rings. The molecule has 0 saturated carbocycles. The molecule has 4 aromatic rings. The molecule has 0 aliphatic carbocycles. The van der Waals surface area contributed by atoms with Crippen LogP contribution in [-0.4, -0.2) is 64.0 Å². The second-order valence-corrected chi connectivity index (χ2v) is 7.78. The summed E-state index contributed by atoms with van der Waals surface area (Å²) in [5, 5.41) is 0.975. The Morgan fingerprint density at radius 3 is 2.75 bits per heavy atom. The van der Waals surface area contributed by atoms with Crippen LogP contribution in [-0.2, 0) is 11.2 Å². The summed E-state index contributed by atoms with van der Waals surface area (Å²) in [6.07, 6.45) is 5.54. The summed E-state index contributed by atoms with van der Waals surface area (Å²) in [6.45, 7) is 2.77. The van der Waals surface area contributed by atoms with E-state index in [4.69, 9.17) is 4.74 Å². The molecule has 1 aliphatic rings. The Balaban J connectivity index is 1.29. The van der Waals surface area contributed by atoms with Gasteiger partial charge < -0.3 is 19.5 Å². The highest BCUT2D eigenvalue weighted by Gasteiger charge is 2.24. The number of aromatic amines is 1. The summed E-state index contributed by atoms with van der Waals surface area (Å²) in [5.74, 6) is 1.79. The predicted molar refractivity (Wildman–Crippen MR) is 123 cm³/mol. The number of aromatic nitrogens is 4. The van der Waals surface area contributed by atoms with E-state index in [-0.39, 0.29) is 5.91 Å². The number of H-pyrrole nitrogens is 1. The van der Waals surface area contributed by atoms with Gasteiger partial charge in [0.2, 0.25) is 5.91 Å². The summed E-state index contributed by atoms with van der Waals surface area (Å²) in [6, 6.07) is 13.7. The standard InChI is InChI=1S/C24H24N6O2/c1-32-19-6-2-4-17(12-19)13-22(31)29-8-10-30(11-9-29)24-20-14-21(18-5-3-7-25-15-18)28-23(20)26-16-27-24/h2-7,12,14-16H,8-11,13H2,1H3,(H,26,27,28). The van der Waals surface area contributed by atoms with Gasteiger partial charge in [-0.25, -0.2) is 9.97 Å². The van der Waals surface area contributed by atoms with Crippen molar-refractivity contribution in [1.82, 2.24) is 24.8 Å². The molecular formula is C24H24N6O2. The van der Waals surface area contributed by atoms with Crippen molar-refractivity contribution in [2.45, 2.75) is 6.42 Å². The van der Waals surface area contributed by atoms with Crippen molar-refractivity contribution in [2.75, 3.05) is 38.2 Å². The molecule has 162 valence electrons. The third-order valence-corrected chi connectivity index (χ3v) is 5.80. The van der Waals surface area contributed by atoms with Crippen LogP contribution >= 0.6 is 0 Å². The number of ether oxygens (including phenoxy) is 1. The molecule has 1 aromatic carbocycles. The fraction of sp³-hybridized carbons (Fsp3) is 0.250. The van der Waals surface area contributed by atoms with Crippen LogP contribution in [0.2, 0.25) is 0 Å². The number of piperazine rings is 1. The van der Waals surface area contributed by atoms with Gasteiger partial charge in [-0.1, -0.05) is 12.1 Å². The lowest BCUT2D eigenvalue weighted by Gasteiger charge is -2.35. The van der Waals surface area contributed by atoms with Gasteiger partial charge in [0, 0.05) is 49.8 Å². The third-order valence-electron chi connectivity index (χ3n) is 5.80. The number of nitrogens with one attached hydrogen (secondary N) is 1. The molecule has 32 heavy (non-hydrogen) atoms. The summed E-state index contributed by atoms with van der Waals surface area (Å²) < 4.78 is 5.26. The minimum atomic E-state index is 0.131. The van der Waals surface area contributed by atoms with Crippen molar-refractivity contribution in [3.63, 3.8) is 0 Å². The Labute approximate surface area is 185 Å². The van der Waals surface area contributed by atoms with Crippen molar-refractivity contribution in [3.05, 3.63) is 66.7 Å². The molecule has 0 radical (unpaired) electrons. The topological polar surface area (TPSA) is 87.2 Å². The highest BCUT2D eigenvalue weighted by molar-refractivity contribution is 5.92. The number of anilines is 1. The lowest BCUT2D eigenvalue weighted by Crippen LogP contribution is -2.49. The van der Waals surface area contributed by atoms with E-state index >= 15 is 0 Å². The van der Waals surface area contributed by atoms with Crippen molar-refractivity contribution in [2.24, 2.45) is 0 Å². The number of hydrogen-bond acceptors (Lipinski definition) is 6. The van der Waals surface area contributed by atoms with E-state index in [2.05, 4.69) is 30.9 Å². The maximum atomic E-state index is 12.8. The van der Waals surface area contributed by atoms with Crippen molar-refractivity contribution >= 4 is 22.8 Å². The number of fused-ring (bicyclic) bond motifs is 1. The molecule has 0 spiro atoms. The Morgan fingerprint density at radius 2 is 1.97 bits per heavy atom. The maximum Gasteiger partial charge on any atom is 0.227 e. The molecule has 1 aliphatic heterocycles. The zero-order chi connectivity index (χ0) is 21.9. The minimum absolute atomic E-state index is 0.131. The van der Waals surface area contributed by atoms with E-state index in [0.717, 1.165) is 52.5 Å². The van der Waals surface area contributed by atoms with Gasteiger partial charge in [0.25, 0.3) is 0 Å². The predicted octanol–water partition coefficient (Wildman–Crippen LogP) is 2.92. The van der Waals surface area contributed by atoms with Gasteiger partial charge in [-0.15, -0.1) is 0 Å². The second kappa shape index (κ2) is 8.66. The summed E-state index contributed by atoms with van der Waals surface area (Å²) >= 11 is 0. The van der Waals surface area contributed by atoms with Gasteiger partial charge in [0.1, 0.15) is 23.5 Å². The van der Waals surface area contributed by atoms with Crippen LogP contribution in [0.5, 0.6) is 5.75 Å². The average Bonchev–Trinajstić information content (AvgIpc) is 3.29. The van der Waals surface area contributed by atoms with Crippen molar-refractivity contribution < 1.29 is 9.53 Å². The van der Waals surface area contributed by atoms with E-state index in [1.165, 1.54) is 0 Å². The van der Waals surface area contributed by atoms with Crippen molar-refractivity contribution in [3.8, 4) is 17.0 Å². The molecule has 0 atom stereocenters. The maximum absolute atomic E-state index is 12.8. The number of rotatable bonds is 5. The number of carbonyl (C=O) groups excluding carboxylic acids is 1. The number of benzene rings is 1. The first kappa shape index (κ1) is 20.0. The molecular weight excluding hydrogens is 404 g/mol. The highest BCUT2D eigenvalue weighted by atomic mass is 16.5. The van der Waals surface area contributed by atoms with Crippen LogP contribution < -0.4 is 9.64 Å². The number of carbonyl (C=O) groups is 1. The van der Waals surface area contributed by atoms with E-state index in [9.17, 15) is 4.79 Å². The number of pyridine rings is 1. The molecule has 8 nitrogen and oxygen atoms in total. The van der Waals surface area contributed by atoms with E-state index in [1.54, 1.807) is 19.6 Å². The number of nitrogens with zero attached hydrogens (tertiary/aromatic N) is 5. The minimum Gasteiger partial charge on any atom is -0.497 e. The van der Waals surface area contributed by atoms with Gasteiger partial charge in [0.05, 0.1) is 18.9 Å². The van der Waals surface area contributed by atoms with Crippen LogP contribution in [0.3, 0.4) is 0 Å². The molecule has 1 amide bonds. The number of hydrogen-bond donors (Lipinski definition) is 1. The summed E-state index contributed by atoms with van der Waals surface area (Å²) in [5.41, 5.74) is 3.72. The lowest BCUT2D eigenvalue weighted by molar-refractivity contribution is -0.130. The molecule has 5 rings (SSSR count). The molecule has 0 bridgehead atoms. The van der Waals surface area contributed by atoms with Crippen LogP contribution in [0.4, 0.5) is 5.82 Å². The fourth-order valence-corrected chi connectivity index (χ4v) is 4.09. The van der Waals surface area contributed by atoms with E-state index < -0.39 is 0 Å². The highest BCUT2D eigenvalue weighted by Crippen LogP contribution is 2.29. The zero-order valence-electron chi connectivity index (χ0n) is 17.9.